The Hall–Kier alpha value is -1.43. The van der Waals surface area contributed by atoms with Crippen molar-refractivity contribution in [3.63, 3.8) is 0 Å². The summed E-state index contributed by atoms with van der Waals surface area (Å²) >= 11 is 5.86. The van der Waals surface area contributed by atoms with Gasteiger partial charge in [0.2, 0.25) is 10.0 Å². The summed E-state index contributed by atoms with van der Waals surface area (Å²) in [4.78, 5) is 0.0563. The first-order chi connectivity index (χ1) is 9.49. The SMILES string of the molecule is O=S(=O)(NCCc1ccc(F)cc1)c1ccccc1Cl. The van der Waals surface area contributed by atoms with E-state index in [1.807, 2.05) is 0 Å². The summed E-state index contributed by atoms with van der Waals surface area (Å²) in [7, 11) is -3.63. The largest absolute Gasteiger partial charge is 0.242 e. The van der Waals surface area contributed by atoms with E-state index in [0.717, 1.165) is 5.56 Å². The van der Waals surface area contributed by atoms with Gasteiger partial charge in [-0.05, 0) is 36.2 Å². The van der Waals surface area contributed by atoms with E-state index in [9.17, 15) is 12.8 Å². The van der Waals surface area contributed by atoms with Crippen molar-refractivity contribution in [3.05, 3.63) is 64.9 Å². The molecule has 0 heterocycles. The van der Waals surface area contributed by atoms with Gasteiger partial charge in [-0.3, -0.25) is 0 Å². The average Bonchev–Trinajstić information content (AvgIpc) is 2.41. The molecule has 0 aliphatic heterocycles. The maximum absolute atomic E-state index is 12.7. The van der Waals surface area contributed by atoms with Gasteiger partial charge in [0.15, 0.2) is 0 Å². The highest BCUT2D eigenvalue weighted by Crippen LogP contribution is 2.20. The van der Waals surface area contributed by atoms with E-state index in [4.69, 9.17) is 11.6 Å². The highest BCUT2D eigenvalue weighted by atomic mass is 35.5. The molecule has 20 heavy (non-hydrogen) atoms. The Morgan fingerprint density at radius 1 is 1.05 bits per heavy atom. The maximum Gasteiger partial charge on any atom is 0.242 e. The smallest absolute Gasteiger partial charge is 0.211 e. The molecule has 2 rings (SSSR count). The highest BCUT2D eigenvalue weighted by molar-refractivity contribution is 7.89. The molecule has 0 amide bonds. The zero-order valence-corrected chi connectivity index (χ0v) is 12.1. The fraction of sp³-hybridized carbons (Fsp3) is 0.143. The lowest BCUT2D eigenvalue weighted by Crippen LogP contribution is -2.26. The molecule has 1 N–H and O–H groups in total. The molecule has 2 aromatic carbocycles. The van der Waals surface area contributed by atoms with Crippen LogP contribution in [0.2, 0.25) is 5.02 Å². The van der Waals surface area contributed by atoms with Crippen LogP contribution in [0.5, 0.6) is 0 Å². The molecule has 0 saturated heterocycles. The molecule has 3 nitrogen and oxygen atoms in total. The van der Waals surface area contributed by atoms with Crippen LogP contribution in [0.1, 0.15) is 5.56 Å². The molecule has 6 heteroatoms. The third-order valence-corrected chi connectivity index (χ3v) is 4.71. The Balaban J connectivity index is 2.00. The molecule has 106 valence electrons. The highest BCUT2D eigenvalue weighted by Gasteiger charge is 2.16. The third-order valence-electron chi connectivity index (χ3n) is 2.75. The summed E-state index contributed by atoms with van der Waals surface area (Å²) in [6, 6.07) is 12.2. The van der Waals surface area contributed by atoms with E-state index in [0.29, 0.717) is 6.42 Å². The fourth-order valence-corrected chi connectivity index (χ4v) is 3.27. The van der Waals surface area contributed by atoms with Crippen LogP contribution in [-0.2, 0) is 16.4 Å². The van der Waals surface area contributed by atoms with E-state index in [-0.39, 0.29) is 22.3 Å². The summed E-state index contributed by atoms with van der Waals surface area (Å²) in [5.74, 6) is -0.314. The van der Waals surface area contributed by atoms with Crippen LogP contribution in [0.25, 0.3) is 0 Å². The summed E-state index contributed by atoms with van der Waals surface area (Å²) in [6.07, 6.45) is 0.476. The summed E-state index contributed by atoms with van der Waals surface area (Å²) in [6.45, 7) is 0.221. The predicted octanol–water partition coefficient (Wildman–Crippen LogP) is 3.00. The lowest BCUT2D eigenvalue weighted by Gasteiger charge is -2.08. The standard InChI is InChI=1S/C14H13ClFNO2S/c15-13-3-1-2-4-14(13)20(18,19)17-10-9-11-5-7-12(16)8-6-11/h1-8,17H,9-10H2. The zero-order chi connectivity index (χ0) is 14.6. The molecular weight excluding hydrogens is 301 g/mol. The molecule has 0 spiro atoms. The van der Waals surface area contributed by atoms with Crippen LogP contribution < -0.4 is 4.72 Å². The topological polar surface area (TPSA) is 46.2 Å². The van der Waals surface area contributed by atoms with Gasteiger partial charge in [0.05, 0.1) is 5.02 Å². The Morgan fingerprint density at radius 3 is 2.35 bits per heavy atom. The van der Waals surface area contributed by atoms with E-state index in [1.165, 1.54) is 24.3 Å². The number of nitrogens with one attached hydrogen (secondary N) is 1. The first-order valence-electron chi connectivity index (χ1n) is 5.98. The van der Waals surface area contributed by atoms with Gasteiger partial charge in [0, 0.05) is 6.54 Å². The molecule has 0 unspecified atom stereocenters. The van der Waals surface area contributed by atoms with Gasteiger partial charge in [-0.1, -0.05) is 35.9 Å². The summed E-state index contributed by atoms with van der Waals surface area (Å²) in [5, 5.41) is 0.182. The lowest BCUT2D eigenvalue weighted by molar-refractivity contribution is 0.581. The van der Waals surface area contributed by atoms with Crippen LogP contribution in [0.15, 0.2) is 53.4 Å². The minimum atomic E-state index is -3.63. The van der Waals surface area contributed by atoms with Crippen LogP contribution in [-0.4, -0.2) is 15.0 Å². The molecule has 0 atom stereocenters. The summed E-state index contributed by atoms with van der Waals surface area (Å²) < 4.78 is 39.3. The first kappa shape index (κ1) is 15.0. The zero-order valence-electron chi connectivity index (χ0n) is 10.5. The van der Waals surface area contributed by atoms with Crippen molar-refractivity contribution in [3.8, 4) is 0 Å². The van der Waals surface area contributed by atoms with E-state index in [1.54, 1.807) is 24.3 Å². The van der Waals surface area contributed by atoms with Crippen molar-refractivity contribution in [2.45, 2.75) is 11.3 Å². The number of sulfonamides is 1. The van der Waals surface area contributed by atoms with E-state index < -0.39 is 10.0 Å². The second kappa shape index (κ2) is 6.35. The monoisotopic (exact) mass is 313 g/mol. The van der Waals surface area contributed by atoms with Gasteiger partial charge in [-0.25, -0.2) is 17.5 Å². The average molecular weight is 314 g/mol. The Labute approximate surface area is 122 Å². The van der Waals surface area contributed by atoms with Crippen molar-refractivity contribution in [1.82, 2.24) is 4.72 Å². The van der Waals surface area contributed by atoms with Gasteiger partial charge in [0.25, 0.3) is 0 Å². The summed E-state index contributed by atoms with van der Waals surface area (Å²) in [5.41, 5.74) is 0.855. The second-order valence-electron chi connectivity index (χ2n) is 4.20. The molecule has 0 aromatic heterocycles. The van der Waals surface area contributed by atoms with Crippen molar-refractivity contribution in [2.24, 2.45) is 0 Å². The predicted molar refractivity (Wildman–Crippen MR) is 76.7 cm³/mol. The van der Waals surface area contributed by atoms with Crippen LogP contribution in [0, 0.1) is 5.82 Å². The van der Waals surface area contributed by atoms with Gasteiger partial charge in [-0.2, -0.15) is 0 Å². The van der Waals surface area contributed by atoms with E-state index in [2.05, 4.69) is 4.72 Å². The minimum Gasteiger partial charge on any atom is -0.211 e. The molecule has 0 bridgehead atoms. The van der Waals surface area contributed by atoms with Crippen LogP contribution >= 0.6 is 11.6 Å². The van der Waals surface area contributed by atoms with Gasteiger partial charge in [0.1, 0.15) is 10.7 Å². The molecular formula is C14H13ClFNO2S. The number of hydrogen-bond donors (Lipinski definition) is 1. The third kappa shape index (κ3) is 3.79. The fourth-order valence-electron chi connectivity index (χ4n) is 1.72. The van der Waals surface area contributed by atoms with Crippen LogP contribution in [0.3, 0.4) is 0 Å². The van der Waals surface area contributed by atoms with Crippen molar-refractivity contribution >= 4 is 21.6 Å². The molecule has 0 aliphatic rings. The van der Waals surface area contributed by atoms with Crippen molar-refractivity contribution < 1.29 is 12.8 Å². The number of halogens is 2. The second-order valence-corrected chi connectivity index (χ2v) is 6.35. The molecule has 0 radical (unpaired) electrons. The quantitative estimate of drug-likeness (QED) is 0.922. The van der Waals surface area contributed by atoms with Gasteiger partial charge < -0.3 is 0 Å². The lowest BCUT2D eigenvalue weighted by atomic mass is 10.1. The molecule has 0 saturated carbocycles. The van der Waals surface area contributed by atoms with Crippen LogP contribution in [0.4, 0.5) is 4.39 Å². The van der Waals surface area contributed by atoms with Gasteiger partial charge in [-0.15, -0.1) is 0 Å². The Kier molecular flexibility index (Phi) is 4.75. The number of hydrogen-bond acceptors (Lipinski definition) is 2. The number of benzene rings is 2. The molecule has 0 aliphatic carbocycles. The number of rotatable bonds is 5. The molecule has 2 aromatic rings. The van der Waals surface area contributed by atoms with E-state index >= 15 is 0 Å². The molecule has 0 fully saturated rings. The normalized spacial score (nSPS) is 11.5. The minimum absolute atomic E-state index is 0.0563. The van der Waals surface area contributed by atoms with Crippen molar-refractivity contribution in [1.29, 1.82) is 0 Å². The first-order valence-corrected chi connectivity index (χ1v) is 7.84. The Bertz CT molecular complexity index is 687. The Morgan fingerprint density at radius 2 is 1.70 bits per heavy atom. The maximum atomic E-state index is 12.7. The van der Waals surface area contributed by atoms with Crippen molar-refractivity contribution in [2.75, 3.05) is 6.54 Å². The van der Waals surface area contributed by atoms with Gasteiger partial charge >= 0.3 is 0 Å².